The molecule has 0 aromatic heterocycles. The summed E-state index contributed by atoms with van der Waals surface area (Å²) in [6, 6.07) is 3.50. The predicted octanol–water partition coefficient (Wildman–Crippen LogP) is 2.12. The summed E-state index contributed by atoms with van der Waals surface area (Å²) in [4.78, 5) is 28.4. The van der Waals surface area contributed by atoms with Crippen molar-refractivity contribution in [1.29, 1.82) is 0 Å². The number of carbonyl (C=O) groups is 2. The standard InChI is InChI=1S/C24H29NO7/c1-13-6-7-15-20(22(2)18(26)8-9-24(13,22)28)32-21(27)23(15)12-25(23)19-16(30-4)10-14(29-3)11-17(19)31-5/h8-11,13,15,20,28H,6-7,12H2,1-5H3/t13-,15?,20?,22-,23?,24+,25?/m0/s1. The topological polar surface area (TPSA) is 94.3 Å². The van der Waals surface area contributed by atoms with Crippen molar-refractivity contribution in [3.8, 4) is 17.2 Å². The second-order valence-electron chi connectivity index (χ2n) is 9.53. The van der Waals surface area contributed by atoms with E-state index >= 15 is 0 Å². The molecule has 4 aliphatic rings. The van der Waals surface area contributed by atoms with E-state index in [2.05, 4.69) is 0 Å². The highest BCUT2D eigenvalue weighted by Gasteiger charge is 2.78. The lowest BCUT2D eigenvalue weighted by atomic mass is 9.64. The number of methoxy groups -OCH3 is 3. The van der Waals surface area contributed by atoms with Crippen molar-refractivity contribution < 1.29 is 33.6 Å². The number of benzene rings is 1. The van der Waals surface area contributed by atoms with Crippen molar-refractivity contribution in [2.24, 2.45) is 17.3 Å². The van der Waals surface area contributed by atoms with E-state index in [9.17, 15) is 14.7 Å². The molecule has 172 valence electrons. The zero-order valence-electron chi connectivity index (χ0n) is 19.0. The normalized spacial score (nSPS) is 39.4. The van der Waals surface area contributed by atoms with Gasteiger partial charge in [-0.2, -0.15) is 0 Å². The highest BCUT2D eigenvalue weighted by atomic mass is 16.6. The fourth-order valence-electron chi connectivity index (χ4n) is 6.28. The van der Waals surface area contributed by atoms with Gasteiger partial charge >= 0.3 is 5.97 Å². The Kier molecular flexibility index (Phi) is 4.38. The Morgan fingerprint density at radius 3 is 2.34 bits per heavy atom. The third-order valence-electron chi connectivity index (χ3n) is 8.37. The Labute approximate surface area is 187 Å². The first-order valence-corrected chi connectivity index (χ1v) is 10.9. The molecule has 0 bridgehead atoms. The average molecular weight is 443 g/mol. The molecule has 6 atom stereocenters. The molecule has 8 heteroatoms. The Bertz CT molecular complexity index is 1010. The molecule has 2 saturated heterocycles. The lowest BCUT2D eigenvalue weighted by Gasteiger charge is -2.43. The summed E-state index contributed by atoms with van der Waals surface area (Å²) >= 11 is 0. The van der Waals surface area contributed by atoms with Crippen molar-refractivity contribution in [3.05, 3.63) is 24.3 Å². The number of ketones is 1. The van der Waals surface area contributed by atoms with Gasteiger partial charge in [-0.1, -0.05) is 6.92 Å². The summed E-state index contributed by atoms with van der Waals surface area (Å²) in [7, 11) is 4.68. The SMILES string of the molecule is COc1cc(OC)c(N2CC23C(=O)OC2C3CC[C@H](C)[C@]3(O)C=CC(=O)[C@@]23C)c(OC)c1. The van der Waals surface area contributed by atoms with E-state index in [0.29, 0.717) is 42.3 Å². The van der Waals surface area contributed by atoms with Crippen LogP contribution < -0.4 is 19.1 Å². The number of esters is 1. The van der Waals surface area contributed by atoms with Crippen LogP contribution >= 0.6 is 0 Å². The molecule has 1 N–H and O–H groups in total. The van der Waals surface area contributed by atoms with Crippen LogP contribution in [0.4, 0.5) is 5.69 Å². The first kappa shape index (κ1) is 21.1. The maximum Gasteiger partial charge on any atom is 0.334 e. The molecular formula is C24H29NO7. The fourth-order valence-corrected chi connectivity index (χ4v) is 6.28. The molecule has 32 heavy (non-hydrogen) atoms. The van der Waals surface area contributed by atoms with Crippen LogP contribution in [0.1, 0.15) is 26.7 Å². The van der Waals surface area contributed by atoms with Crippen molar-refractivity contribution in [2.45, 2.75) is 43.9 Å². The second-order valence-corrected chi connectivity index (χ2v) is 9.53. The summed E-state index contributed by atoms with van der Waals surface area (Å²) in [6.07, 6.45) is 3.66. The Hall–Kier alpha value is -2.74. The highest BCUT2D eigenvalue weighted by molar-refractivity contribution is 6.02. The average Bonchev–Trinajstić information content (AvgIpc) is 3.42. The Balaban J connectivity index is 1.60. The van der Waals surface area contributed by atoms with E-state index in [-0.39, 0.29) is 23.6 Å². The van der Waals surface area contributed by atoms with E-state index in [1.807, 2.05) is 11.8 Å². The summed E-state index contributed by atoms with van der Waals surface area (Å²) in [6.45, 7) is 4.12. The van der Waals surface area contributed by atoms with Gasteiger partial charge < -0.3 is 29.0 Å². The van der Waals surface area contributed by atoms with Gasteiger partial charge in [-0.05, 0) is 37.8 Å². The first-order valence-electron chi connectivity index (χ1n) is 10.9. The van der Waals surface area contributed by atoms with Gasteiger partial charge in [0.2, 0.25) is 0 Å². The summed E-state index contributed by atoms with van der Waals surface area (Å²) in [5.74, 6) is 0.667. The maximum atomic E-state index is 13.4. The van der Waals surface area contributed by atoms with Gasteiger partial charge in [0, 0.05) is 18.1 Å². The number of ether oxygens (including phenoxy) is 4. The highest BCUT2D eigenvalue weighted by Crippen LogP contribution is 2.63. The van der Waals surface area contributed by atoms with E-state index in [1.54, 1.807) is 46.5 Å². The zero-order chi connectivity index (χ0) is 23.1. The molecule has 2 heterocycles. The molecule has 1 aromatic rings. The van der Waals surface area contributed by atoms with Crippen LogP contribution in [-0.2, 0) is 14.3 Å². The zero-order valence-corrected chi connectivity index (χ0v) is 19.0. The fraction of sp³-hybridized carbons (Fsp3) is 0.583. The molecule has 1 saturated carbocycles. The van der Waals surface area contributed by atoms with Crippen molar-refractivity contribution in [2.75, 3.05) is 32.8 Å². The van der Waals surface area contributed by atoms with Gasteiger partial charge in [0.15, 0.2) is 11.3 Å². The lowest BCUT2D eigenvalue weighted by molar-refractivity contribution is -0.166. The van der Waals surface area contributed by atoms with Crippen LogP contribution in [-0.4, -0.2) is 62.0 Å². The largest absolute Gasteiger partial charge is 0.496 e. The number of rotatable bonds is 4. The van der Waals surface area contributed by atoms with Crippen molar-refractivity contribution in [1.82, 2.24) is 0 Å². The van der Waals surface area contributed by atoms with Crippen LogP contribution in [0.3, 0.4) is 0 Å². The van der Waals surface area contributed by atoms with Crippen LogP contribution in [0.25, 0.3) is 0 Å². The van der Waals surface area contributed by atoms with Gasteiger partial charge in [-0.15, -0.1) is 0 Å². The number of nitrogens with zero attached hydrogens (tertiary/aromatic N) is 1. The van der Waals surface area contributed by atoms with Gasteiger partial charge in [0.25, 0.3) is 0 Å². The number of aliphatic hydroxyl groups is 1. The molecule has 3 unspecified atom stereocenters. The molecule has 2 aliphatic heterocycles. The van der Waals surface area contributed by atoms with Crippen LogP contribution in [0.5, 0.6) is 17.2 Å². The quantitative estimate of drug-likeness (QED) is 0.559. The molecule has 3 fully saturated rings. The third-order valence-corrected chi connectivity index (χ3v) is 8.37. The summed E-state index contributed by atoms with van der Waals surface area (Å²) in [5.41, 5.74) is -2.82. The third kappa shape index (κ3) is 2.31. The number of allylic oxidation sites excluding steroid dienone is 1. The summed E-state index contributed by atoms with van der Waals surface area (Å²) in [5, 5.41) is 11.6. The van der Waals surface area contributed by atoms with Gasteiger partial charge in [-0.3, -0.25) is 4.79 Å². The van der Waals surface area contributed by atoms with Gasteiger partial charge in [0.05, 0.1) is 33.3 Å². The lowest BCUT2D eigenvalue weighted by Crippen LogP contribution is -2.57. The second kappa shape index (κ2) is 6.63. The molecule has 2 aliphatic carbocycles. The number of fused-ring (bicyclic) bond motifs is 4. The first-order chi connectivity index (χ1) is 15.2. The van der Waals surface area contributed by atoms with E-state index < -0.39 is 22.7 Å². The minimum absolute atomic E-state index is 0.145. The number of carbonyl (C=O) groups excluding carboxylic acids is 2. The molecule has 8 nitrogen and oxygen atoms in total. The van der Waals surface area contributed by atoms with E-state index in [4.69, 9.17) is 18.9 Å². The molecule has 1 aromatic carbocycles. The molecule has 0 amide bonds. The molecular weight excluding hydrogens is 414 g/mol. The smallest absolute Gasteiger partial charge is 0.334 e. The number of anilines is 1. The Morgan fingerprint density at radius 2 is 1.75 bits per heavy atom. The molecule has 0 radical (unpaired) electrons. The Morgan fingerprint density at radius 1 is 1.09 bits per heavy atom. The number of hydrogen-bond donors (Lipinski definition) is 1. The van der Waals surface area contributed by atoms with Gasteiger partial charge in [-0.25, -0.2) is 4.79 Å². The van der Waals surface area contributed by atoms with Crippen LogP contribution in [0.2, 0.25) is 0 Å². The minimum atomic E-state index is -1.34. The van der Waals surface area contributed by atoms with Crippen LogP contribution in [0, 0.1) is 17.3 Å². The predicted molar refractivity (Wildman–Crippen MR) is 115 cm³/mol. The van der Waals surface area contributed by atoms with Gasteiger partial charge in [0.1, 0.15) is 34.6 Å². The molecule has 1 spiro atoms. The number of hydrogen-bond acceptors (Lipinski definition) is 8. The van der Waals surface area contributed by atoms with E-state index in [0.717, 1.165) is 0 Å². The monoisotopic (exact) mass is 443 g/mol. The minimum Gasteiger partial charge on any atom is -0.496 e. The van der Waals surface area contributed by atoms with Crippen molar-refractivity contribution >= 4 is 17.4 Å². The maximum absolute atomic E-state index is 13.4. The van der Waals surface area contributed by atoms with Crippen molar-refractivity contribution in [3.63, 3.8) is 0 Å². The van der Waals surface area contributed by atoms with E-state index in [1.165, 1.54) is 6.08 Å². The molecule has 5 rings (SSSR count). The summed E-state index contributed by atoms with van der Waals surface area (Å²) < 4.78 is 22.5. The van der Waals surface area contributed by atoms with Crippen LogP contribution in [0.15, 0.2) is 24.3 Å².